The van der Waals surface area contributed by atoms with Crippen molar-refractivity contribution >= 4 is 11.6 Å². The molecule has 1 aromatic heterocycles. The summed E-state index contributed by atoms with van der Waals surface area (Å²) in [5.74, 6) is 0. The van der Waals surface area contributed by atoms with Gasteiger partial charge in [-0.25, -0.2) is 0 Å². The number of hydrogen-bond acceptors (Lipinski definition) is 1. The molecule has 0 aromatic carbocycles. The van der Waals surface area contributed by atoms with Crippen LogP contribution in [-0.4, -0.2) is 9.78 Å². The molecular weight excluding hydrogens is 160 g/mol. The van der Waals surface area contributed by atoms with E-state index in [4.69, 9.17) is 11.6 Å². The molecule has 0 aliphatic carbocycles. The van der Waals surface area contributed by atoms with Crippen LogP contribution in [0.1, 0.15) is 26.3 Å². The van der Waals surface area contributed by atoms with Crippen molar-refractivity contribution < 1.29 is 0 Å². The Morgan fingerprint density at radius 1 is 1.45 bits per heavy atom. The van der Waals surface area contributed by atoms with Crippen molar-refractivity contribution in [2.45, 2.75) is 26.2 Å². The maximum atomic E-state index is 5.99. The van der Waals surface area contributed by atoms with E-state index in [2.05, 4.69) is 25.9 Å². The van der Waals surface area contributed by atoms with Gasteiger partial charge in [-0.2, -0.15) is 5.10 Å². The van der Waals surface area contributed by atoms with Crippen LogP contribution in [0.4, 0.5) is 0 Å². The first-order valence-corrected chi connectivity index (χ1v) is 3.98. The van der Waals surface area contributed by atoms with Crippen molar-refractivity contribution in [1.82, 2.24) is 9.78 Å². The van der Waals surface area contributed by atoms with Crippen LogP contribution in [0, 0.1) is 0 Å². The molecule has 0 saturated heterocycles. The molecule has 0 unspecified atom stereocenters. The monoisotopic (exact) mass is 172 g/mol. The Hall–Kier alpha value is -0.500. The minimum atomic E-state index is 0.0886. The molecule has 2 nitrogen and oxygen atoms in total. The zero-order valence-electron chi connectivity index (χ0n) is 7.35. The first-order chi connectivity index (χ1) is 4.93. The summed E-state index contributed by atoms with van der Waals surface area (Å²) in [4.78, 5) is 0. The number of aryl methyl sites for hydroxylation is 1. The van der Waals surface area contributed by atoms with Crippen molar-refractivity contribution in [2.24, 2.45) is 7.05 Å². The molecule has 0 bridgehead atoms. The summed E-state index contributed by atoms with van der Waals surface area (Å²) in [6, 6.07) is 0. The van der Waals surface area contributed by atoms with Crippen molar-refractivity contribution in [3.63, 3.8) is 0 Å². The third kappa shape index (κ3) is 1.56. The van der Waals surface area contributed by atoms with E-state index in [0.717, 1.165) is 10.7 Å². The van der Waals surface area contributed by atoms with E-state index in [9.17, 15) is 0 Å². The average Bonchev–Trinajstić information content (AvgIpc) is 2.11. The lowest BCUT2D eigenvalue weighted by molar-refractivity contribution is 0.589. The van der Waals surface area contributed by atoms with Gasteiger partial charge in [0.15, 0.2) is 0 Å². The molecule has 0 fully saturated rings. The molecule has 1 aromatic rings. The van der Waals surface area contributed by atoms with Crippen LogP contribution < -0.4 is 0 Å². The normalized spacial score (nSPS) is 12.1. The maximum Gasteiger partial charge on any atom is 0.130 e. The van der Waals surface area contributed by atoms with Gasteiger partial charge < -0.3 is 0 Å². The van der Waals surface area contributed by atoms with Crippen LogP contribution in [0.3, 0.4) is 0 Å². The van der Waals surface area contributed by atoms with E-state index in [1.165, 1.54) is 0 Å². The third-order valence-corrected chi connectivity index (χ3v) is 2.12. The molecule has 1 rings (SSSR count). The molecule has 3 heteroatoms. The molecular formula is C8H13ClN2. The highest BCUT2D eigenvalue weighted by Gasteiger charge is 2.19. The Morgan fingerprint density at radius 3 is 2.18 bits per heavy atom. The predicted octanol–water partition coefficient (Wildman–Crippen LogP) is 2.37. The van der Waals surface area contributed by atoms with Crippen LogP contribution in [0.15, 0.2) is 6.20 Å². The van der Waals surface area contributed by atoms with Gasteiger partial charge in [-0.05, 0) is 5.41 Å². The Balaban J connectivity index is 3.15. The molecule has 0 saturated carbocycles. The van der Waals surface area contributed by atoms with Gasteiger partial charge in [0.05, 0.1) is 6.20 Å². The Labute approximate surface area is 72.2 Å². The summed E-state index contributed by atoms with van der Waals surface area (Å²) in [6.07, 6.45) is 1.82. The summed E-state index contributed by atoms with van der Waals surface area (Å²) in [5, 5.41) is 4.80. The van der Waals surface area contributed by atoms with Gasteiger partial charge in [-0.15, -0.1) is 0 Å². The fourth-order valence-corrected chi connectivity index (χ4v) is 1.30. The summed E-state index contributed by atoms with van der Waals surface area (Å²) >= 11 is 5.99. The topological polar surface area (TPSA) is 17.8 Å². The van der Waals surface area contributed by atoms with Crippen LogP contribution in [-0.2, 0) is 12.5 Å². The summed E-state index contributed by atoms with van der Waals surface area (Å²) in [5.41, 5.74) is 1.19. The Bertz CT molecular complexity index is 258. The predicted molar refractivity (Wildman–Crippen MR) is 46.9 cm³/mol. The second-order valence-electron chi connectivity index (χ2n) is 3.72. The number of hydrogen-bond donors (Lipinski definition) is 0. The molecule has 0 amide bonds. The molecule has 11 heavy (non-hydrogen) atoms. The summed E-state index contributed by atoms with van der Waals surface area (Å²) in [7, 11) is 1.84. The smallest absolute Gasteiger partial charge is 0.130 e. The second-order valence-corrected chi connectivity index (χ2v) is 4.08. The molecule has 0 radical (unpaired) electrons. The summed E-state index contributed by atoms with van der Waals surface area (Å²) in [6.45, 7) is 6.36. The first-order valence-electron chi connectivity index (χ1n) is 3.61. The van der Waals surface area contributed by atoms with Gasteiger partial charge in [0.1, 0.15) is 5.15 Å². The van der Waals surface area contributed by atoms with Crippen molar-refractivity contribution in [1.29, 1.82) is 0 Å². The SMILES string of the molecule is Cn1ncc(C(C)(C)C)c1Cl. The fraction of sp³-hybridized carbons (Fsp3) is 0.625. The van der Waals surface area contributed by atoms with Crippen LogP contribution in [0.25, 0.3) is 0 Å². The molecule has 1 heterocycles. The third-order valence-electron chi connectivity index (χ3n) is 1.67. The standard InChI is InChI=1S/C8H13ClN2/c1-8(2,3)6-5-10-11(4)7(6)9/h5H,1-4H3. The van der Waals surface area contributed by atoms with E-state index < -0.39 is 0 Å². The Morgan fingerprint density at radius 2 is 2.00 bits per heavy atom. The zero-order valence-corrected chi connectivity index (χ0v) is 8.11. The molecule has 0 spiro atoms. The summed E-state index contributed by atoms with van der Waals surface area (Å²) < 4.78 is 1.68. The van der Waals surface area contributed by atoms with E-state index in [-0.39, 0.29) is 5.41 Å². The highest BCUT2D eigenvalue weighted by atomic mass is 35.5. The lowest BCUT2D eigenvalue weighted by Crippen LogP contribution is -2.10. The molecule has 62 valence electrons. The first kappa shape index (κ1) is 8.60. The lowest BCUT2D eigenvalue weighted by atomic mass is 9.90. The van der Waals surface area contributed by atoms with Crippen LogP contribution in [0.5, 0.6) is 0 Å². The van der Waals surface area contributed by atoms with E-state index in [0.29, 0.717) is 0 Å². The van der Waals surface area contributed by atoms with Crippen LogP contribution >= 0.6 is 11.6 Å². The maximum absolute atomic E-state index is 5.99. The Kier molecular flexibility index (Phi) is 1.97. The lowest BCUT2D eigenvalue weighted by Gasteiger charge is -2.16. The number of nitrogens with zero attached hydrogens (tertiary/aromatic N) is 2. The van der Waals surface area contributed by atoms with Crippen molar-refractivity contribution in [3.05, 3.63) is 16.9 Å². The molecule has 0 N–H and O–H groups in total. The van der Waals surface area contributed by atoms with Crippen LogP contribution in [0.2, 0.25) is 5.15 Å². The van der Waals surface area contributed by atoms with E-state index in [1.807, 2.05) is 13.2 Å². The van der Waals surface area contributed by atoms with Gasteiger partial charge in [-0.3, -0.25) is 4.68 Å². The highest BCUT2D eigenvalue weighted by molar-refractivity contribution is 6.30. The minimum Gasteiger partial charge on any atom is -0.257 e. The van der Waals surface area contributed by atoms with Gasteiger partial charge >= 0.3 is 0 Å². The van der Waals surface area contributed by atoms with Gasteiger partial charge in [0.25, 0.3) is 0 Å². The van der Waals surface area contributed by atoms with Crippen molar-refractivity contribution in [2.75, 3.05) is 0 Å². The van der Waals surface area contributed by atoms with Crippen molar-refractivity contribution in [3.8, 4) is 0 Å². The molecule has 0 atom stereocenters. The quantitative estimate of drug-likeness (QED) is 0.588. The van der Waals surface area contributed by atoms with E-state index in [1.54, 1.807) is 4.68 Å². The minimum absolute atomic E-state index is 0.0886. The molecule has 0 aliphatic rings. The van der Waals surface area contributed by atoms with Gasteiger partial charge in [0.2, 0.25) is 0 Å². The highest BCUT2D eigenvalue weighted by Crippen LogP contribution is 2.28. The molecule has 0 aliphatic heterocycles. The zero-order chi connectivity index (χ0) is 8.65. The number of halogens is 1. The number of aromatic nitrogens is 2. The van der Waals surface area contributed by atoms with Gasteiger partial charge in [-0.1, -0.05) is 32.4 Å². The van der Waals surface area contributed by atoms with E-state index >= 15 is 0 Å². The fourth-order valence-electron chi connectivity index (χ4n) is 0.926. The average molecular weight is 173 g/mol. The van der Waals surface area contributed by atoms with Gasteiger partial charge in [0, 0.05) is 12.6 Å². The largest absolute Gasteiger partial charge is 0.257 e. The number of rotatable bonds is 0. The second kappa shape index (κ2) is 2.52.